The van der Waals surface area contributed by atoms with Gasteiger partial charge in [0.2, 0.25) is 5.91 Å². The molecular formula is C23H19FN2O3S. The lowest BCUT2D eigenvalue weighted by molar-refractivity contribution is -0.132. The zero-order valence-electron chi connectivity index (χ0n) is 16.2. The number of benzene rings is 2. The van der Waals surface area contributed by atoms with E-state index in [2.05, 4.69) is 4.99 Å². The van der Waals surface area contributed by atoms with Gasteiger partial charge in [-0.15, -0.1) is 11.8 Å². The maximum absolute atomic E-state index is 13.4. The molecule has 2 aromatic carbocycles. The molecule has 1 amide bonds. The van der Waals surface area contributed by atoms with Gasteiger partial charge in [-0.3, -0.25) is 14.7 Å². The molecule has 1 aromatic heterocycles. The number of hydrogen-bond acceptors (Lipinski definition) is 5. The molecule has 5 nitrogen and oxygen atoms in total. The number of halogens is 1. The molecule has 0 bridgehead atoms. The fourth-order valence-corrected chi connectivity index (χ4v) is 5.67. The van der Waals surface area contributed by atoms with Gasteiger partial charge in [0.25, 0.3) is 0 Å². The highest BCUT2D eigenvalue weighted by molar-refractivity contribution is 8.00. The van der Waals surface area contributed by atoms with Gasteiger partial charge in [-0.05, 0) is 41.8 Å². The fraction of sp³-hybridized carbons (Fsp3) is 0.261. The zero-order chi connectivity index (χ0) is 20.8. The van der Waals surface area contributed by atoms with Crippen LogP contribution in [-0.2, 0) is 11.3 Å². The summed E-state index contributed by atoms with van der Waals surface area (Å²) in [6.45, 7) is 2.18. The fourth-order valence-electron chi connectivity index (χ4n) is 4.22. The van der Waals surface area contributed by atoms with Crippen LogP contribution in [0.25, 0.3) is 11.0 Å². The van der Waals surface area contributed by atoms with Crippen molar-refractivity contribution in [3.63, 3.8) is 0 Å². The summed E-state index contributed by atoms with van der Waals surface area (Å²) < 4.78 is 18.7. The first kappa shape index (κ1) is 19.1. The number of aryl methyl sites for hydroxylation is 1. The minimum absolute atomic E-state index is 0.0201. The summed E-state index contributed by atoms with van der Waals surface area (Å²) in [7, 11) is 0. The summed E-state index contributed by atoms with van der Waals surface area (Å²) in [6, 6.07) is 13.5. The third-order valence-corrected chi connectivity index (χ3v) is 7.04. The molecule has 3 aromatic rings. The Bertz CT molecular complexity index is 1220. The molecule has 1 saturated heterocycles. The van der Waals surface area contributed by atoms with E-state index >= 15 is 0 Å². The largest absolute Gasteiger partial charge is 0.423 e. The number of amides is 1. The SMILES string of the molecule is Cc1ccc2c(CN3C=NC4SCC(c5ccc(F)cc5)C4C3=O)cc(=O)oc2c1. The molecule has 1 fully saturated rings. The van der Waals surface area contributed by atoms with Gasteiger partial charge in [0.15, 0.2) is 0 Å². The summed E-state index contributed by atoms with van der Waals surface area (Å²) in [4.78, 5) is 31.6. The van der Waals surface area contributed by atoms with E-state index in [1.54, 1.807) is 35.1 Å². The second-order valence-electron chi connectivity index (χ2n) is 7.73. The summed E-state index contributed by atoms with van der Waals surface area (Å²) in [5.74, 6) is 0.116. The van der Waals surface area contributed by atoms with Gasteiger partial charge in [-0.1, -0.05) is 24.3 Å². The molecule has 3 unspecified atom stereocenters. The Hall–Kier alpha value is -2.93. The first-order chi connectivity index (χ1) is 14.5. The summed E-state index contributed by atoms with van der Waals surface area (Å²) in [5, 5.41) is 0.670. The Kier molecular flexibility index (Phi) is 4.70. The van der Waals surface area contributed by atoms with E-state index < -0.39 is 5.63 Å². The van der Waals surface area contributed by atoms with E-state index in [1.807, 2.05) is 25.1 Å². The first-order valence-electron chi connectivity index (χ1n) is 9.74. The predicted octanol–water partition coefficient (Wildman–Crippen LogP) is 4.08. The normalized spacial score (nSPS) is 23.2. The van der Waals surface area contributed by atoms with Crippen LogP contribution in [0.3, 0.4) is 0 Å². The highest BCUT2D eigenvalue weighted by Crippen LogP contribution is 2.46. The Morgan fingerprint density at radius 3 is 2.77 bits per heavy atom. The molecule has 0 N–H and O–H groups in total. The summed E-state index contributed by atoms with van der Waals surface area (Å²) in [5.41, 5.74) is 2.73. The molecule has 152 valence electrons. The maximum atomic E-state index is 13.4. The number of rotatable bonds is 3. The highest BCUT2D eigenvalue weighted by atomic mass is 32.2. The van der Waals surface area contributed by atoms with Gasteiger partial charge in [-0.25, -0.2) is 9.18 Å². The molecule has 0 radical (unpaired) electrons. The first-order valence-corrected chi connectivity index (χ1v) is 10.8. The molecule has 0 aliphatic carbocycles. The van der Waals surface area contributed by atoms with E-state index in [9.17, 15) is 14.0 Å². The topological polar surface area (TPSA) is 62.9 Å². The van der Waals surface area contributed by atoms with Crippen LogP contribution < -0.4 is 5.63 Å². The molecule has 7 heteroatoms. The monoisotopic (exact) mass is 422 g/mol. The van der Waals surface area contributed by atoms with Crippen molar-refractivity contribution in [3.05, 3.63) is 81.5 Å². The Morgan fingerprint density at radius 1 is 1.17 bits per heavy atom. The smallest absolute Gasteiger partial charge is 0.336 e. The van der Waals surface area contributed by atoms with Crippen molar-refractivity contribution in [3.8, 4) is 0 Å². The average molecular weight is 422 g/mol. The summed E-state index contributed by atoms with van der Waals surface area (Å²) in [6.07, 6.45) is 1.58. The molecule has 2 aliphatic heterocycles. The Labute approximate surface area is 176 Å². The van der Waals surface area contributed by atoms with Gasteiger partial charge < -0.3 is 4.42 Å². The molecule has 2 aliphatic rings. The second-order valence-corrected chi connectivity index (χ2v) is 8.88. The molecule has 5 rings (SSSR count). The van der Waals surface area contributed by atoms with Crippen LogP contribution in [0.1, 0.15) is 22.6 Å². The molecule has 3 atom stereocenters. The van der Waals surface area contributed by atoms with Crippen LogP contribution in [0, 0.1) is 18.7 Å². The summed E-state index contributed by atoms with van der Waals surface area (Å²) >= 11 is 1.65. The van der Waals surface area contributed by atoms with Gasteiger partial charge in [0.05, 0.1) is 18.8 Å². The van der Waals surface area contributed by atoms with E-state index in [0.717, 1.165) is 27.8 Å². The van der Waals surface area contributed by atoms with Crippen LogP contribution >= 0.6 is 11.8 Å². The number of thioether (sulfide) groups is 1. The van der Waals surface area contributed by atoms with Crippen molar-refractivity contribution in [2.24, 2.45) is 10.9 Å². The molecular weight excluding hydrogens is 403 g/mol. The number of hydrogen-bond donors (Lipinski definition) is 0. The Balaban J connectivity index is 1.47. The molecule has 30 heavy (non-hydrogen) atoms. The van der Waals surface area contributed by atoms with Crippen LogP contribution in [0.5, 0.6) is 0 Å². The second kappa shape index (κ2) is 7.40. The molecule has 3 heterocycles. The third-order valence-electron chi connectivity index (χ3n) is 5.73. The van der Waals surface area contributed by atoms with Crippen LogP contribution in [0.4, 0.5) is 4.39 Å². The Morgan fingerprint density at radius 2 is 1.97 bits per heavy atom. The van der Waals surface area contributed by atoms with Crippen LogP contribution in [0.15, 0.2) is 62.7 Å². The van der Waals surface area contributed by atoms with Gasteiger partial charge in [0.1, 0.15) is 16.8 Å². The standard InChI is InChI=1S/C23H19FN2O3S/c1-13-2-7-17-15(9-20(27)29-19(17)8-13)10-26-12-25-22-21(23(26)28)18(11-30-22)14-3-5-16(24)6-4-14/h2-9,12,18,21-22H,10-11H2,1H3. The lowest BCUT2D eigenvalue weighted by Gasteiger charge is -2.31. The van der Waals surface area contributed by atoms with Crippen molar-refractivity contribution >= 4 is 35.0 Å². The van der Waals surface area contributed by atoms with E-state index in [4.69, 9.17) is 4.42 Å². The van der Waals surface area contributed by atoms with Crippen molar-refractivity contribution in [2.75, 3.05) is 5.75 Å². The van der Waals surface area contributed by atoms with E-state index in [1.165, 1.54) is 18.2 Å². The molecule has 0 spiro atoms. The van der Waals surface area contributed by atoms with Crippen LogP contribution in [0.2, 0.25) is 0 Å². The lowest BCUT2D eigenvalue weighted by atomic mass is 9.86. The lowest BCUT2D eigenvalue weighted by Crippen LogP contribution is -2.43. The predicted molar refractivity (Wildman–Crippen MR) is 115 cm³/mol. The maximum Gasteiger partial charge on any atom is 0.336 e. The van der Waals surface area contributed by atoms with Crippen molar-refractivity contribution in [1.29, 1.82) is 0 Å². The number of aliphatic imine (C=N–C) groups is 1. The average Bonchev–Trinajstić information content (AvgIpc) is 3.15. The van der Waals surface area contributed by atoms with E-state index in [-0.39, 0.29) is 35.5 Å². The minimum atomic E-state index is -0.442. The van der Waals surface area contributed by atoms with Crippen molar-refractivity contribution < 1.29 is 13.6 Å². The van der Waals surface area contributed by atoms with Gasteiger partial charge in [0, 0.05) is 23.1 Å². The quantitative estimate of drug-likeness (QED) is 0.597. The highest BCUT2D eigenvalue weighted by Gasteiger charge is 2.46. The number of fused-ring (bicyclic) bond motifs is 2. The number of nitrogens with zero attached hydrogens (tertiary/aromatic N) is 2. The van der Waals surface area contributed by atoms with Gasteiger partial charge in [-0.2, -0.15) is 0 Å². The molecule has 0 saturated carbocycles. The number of carbonyl (C=O) groups is 1. The third kappa shape index (κ3) is 3.33. The zero-order valence-corrected chi connectivity index (χ0v) is 17.1. The van der Waals surface area contributed by atoms with Crippen molar-refractivity contribution in [2.45, 2.75) is 24.8 Å². The van der Waals surface area contributed by atoms with Crippen molar-refractivity contribution in [1.82, 2.24) is 4.90 Å². The van der Waals surface area contributed by atoms with E-state index in [0.29, 0.717) is 5.58 Å². The van der Waals surface area contributed by atoms with Crippen LogP contribution in [-0.4, -0.2) is 28.3 Å². The number of carbonyl (C=O) groups excluding carboxylic acids is 1. The minimum Gasteiger partial charge on any atom is -0.423 e. The van der Waals surface area contributed by atoms with Gasteiger partial charge >= 0.3 is 5.63 Å².